The Morgan fingerprint density at radius 2 is 1.19 bits per heavy atom. The van der Waals surface area contributed by atoms with Crippen LogP contribution in [0, 0.1) is 6.92 Å². The van der Waals surface area contributed by atoms with Gasteiger partial charge in [-0.25, -0.2) is 0 Å². The lowest BCUT2D eigenvalue weighted by molar-refractivity contribution is 0.660. The summed E-state index contributed by atoms with van der Waals surface area (Å²) in [7, 11) is 0. The third kappa shape index (κ3) is 6.73. The van der Waals surface area contributed by atoms with Gasteiger partial charge >= 0.3 is 0 Å². The molecule has 0 aromatic heterocycles. The molecule has 0 N–H and O–H groups in total. The van der Waals surface area contributed by atoms with Crippen molar-refractivity contribution in [3.63, 3.8) is 0 Å². The predicted molar refractivity (Wildman–Crippen MR) is 262 cm³/mol. The van der Waals surface area contributed by atoms with Crippen molar-refractivity contribution in [2.24, 2.45) is 0 Å². The van der Waals surface area contributed by atoms with E-state index in [2.05, 4.69) is 226 Å². The fourth-order valence-electron chi connectivity index (χ4n) is 10.6. The second-order valence-electron chi connectivity index (χ2n) is 18.1. The van der Waals surface area contributed by atoms with Gasteiger partial charge in [0.15, 0.2) is 0 Å². The number of nitrogens with zero attached hydrogens (tertiary/aromatic N) is 1. The summed E-state index contributed by atoms with van der Waals surface area (Å²) in [6.07, 6.45) is 4.19. The van der Waals surface area contributed by atoms with Gasteiger partial charge in [-0.3, -0.25) is 0 Å². The minimum absolute atomic E-state index is 0.158. The van der Waals surface area contributed by atoms with Crippen LogP contribution in [0.1, 0.15) is 70.7 Å². The number of fused-ring (bicyclic) bond motifs is 7. The predicted octanol–water partition coefficient (Wildman–Crippen LogP) is 16.1. The Morgan fingerprint density at radius 1 is 0.484 bits per heavy atom. The highest BCUT2D eigenvalue weighted by Gasteiger charge is 2.38. The molecule has 0 saturated carbocycles. The van der Waals surface area contributed by atoms with E-state index in [1.807, 2.05) is 0 Å². The maximum absolute atomic E-state index is 2.54. The number of aryl methyl sites for hydroxylation is 4. The Hall–Kier alpha value is -6.96. The molecular weight excluding hydrogens is 747 g/mol. The lowest BCUT2D eigenvalue weighted by Gasteiger charge is -2.30. The fourth-order valence-corrected chi connectivity index (χ4v) is 10.6. The second kappa shape index (κ2) is 15.5. The highest BCUT2D eigenvalue weighted by Crippen LogP contribution is 2.55. The molecule has 2 aliphatic rings. The topological polar surface area (TPSA) is 3.24 Å². The minimum atomic E-state index is -0.158. The molecular formula is C61H51N. The standard InChI is InChI=1S/C61H51N/c1-41-15-14-18-47(35-41)53(33-26-42-25-27-43-16-10-11-17-45(43)36-42)48-32-34-54-49(37-48)31-29-44-28-30-46(38-56(44)54)50-39-58-60(55-23-12-13-24-57(55)61(58,2)3)59(40-50)62(51-19-6-4-7-20-51)52-21-8-5-9-22-52/h4-25,27-28,30,32,34-40,53H,26,29,31,33H2,1-3H3. The van der Waals surface area contributed by atoms with Crippen molar-refractivity contribution in [1.82, 2.24) is 0 Å². The zero-order valence-corrected chi connectivity index (χ0v) is 35.9. The molecule has 1 heteroatoms. The molecule has 62 heavy (non-hydrogen) atoms. The summed E-state index contributed by atoms with van der Waals surface area (Å²) in [5.74, 6) is 0.314. The SMILES string of the molecule is Cc1cccc(C(CCc2ccc3ccccc3c2)c2ccc3c(c2)CCc2ccc(-c4cc(N(c5ccccc5)c5ccccc5)c5c(c4)C(C)(C)c4ccccc4-5)cc2-3)c1. The molecule has 0 saturated heterocycles. The molecule has 1 nitrogen and oxygen atoms in total. The number of benzene rings is 9. The smallest absolute Gasteiger partial charge is 0.0549 e. The molecule has 1 unspecified atom stereocenters. The van der Waals surface area contributed by atoms with Crippen molar-refractivity contribution in [1.29, 1.82) is 0 Å². The van der Waals surface area contributed by atoms with E-state index in [4.69, 9.17) is 0 Å². The average Bonchev–Trinajstić information content (AvgIpc) is 3.55. The molecule has 0 amide bonds. The summed E-state index contributed by atoms with van der Waals surface area (Å²) in [5, 5.41) is 2.62. The van der Waals surface area contributed by atoms with Crippen molar-refractivity contribution in [2.45, 2.75) is 57.8 Å². The van der Waals surface area contributed by atoms with Crippen molar-refractivity contribution in [3.8, 4) is 33.4 Å². The highest BCUT2D eigenvalue weighted by molar-refractivity contribution is 5.97. The molecule has 0 heterocycles. The van der Waals surface area contributed by atoms with Gasteiger partial charge in [0, 0.05) is 28.3 Å². The van der Waals surface area contributed by atoms with E-state index >= 15 is 0 Å². The van der Waals surface area contributed by atoms with Crippen molar-refractivity contribution in [2.75, 3.05) is 4.90 Å². The Balaban J connectivity index is 1.01. The maximum Gasteiger partial charge on any atom is 0.0549 e. The first-order valence-corrected chi connectivity index (χ1v) is 22.4. The van der Waals surface area contributed by atoms with Gasteiger partial charge in [0.25, 0.3) is 0 Å². The molecule has 300 valence electrons. The minimum Gasteiger partial charge on any atom is -0.310 e. The molecule has 11 rings (SSSR count). The molecule has 0 radical (unpaired) electrons. The van der Waals surface area contributed by atoms with Crippen molar-refractivity contribution in [3.05, 3.63) is 245 Å². The van der Waals surface area contributed by atoms with Crippen LogP contribution in [0.3, 0.4) is 0 Å². The van der Waals surface area contributed by atoms with E-state index in [-0.39, 0.29) is 5.41 Å². The Morgan fingerprint density at radius 3 is 1.98 bits per heavy atom. The zero-order valence-electron chi connectivity index (χ0n) is 35.9. The van der Waals surface area contributed by atoms with Crippen LogP contribution >= 0.6 is 0 Å². The largest absolute Gasteiger partial charge is 0.310 e. The number of anilines is 3. The maximum atomic E-state index is 2.54. The van der Waals surface area contributed by atoms with E-state index in [1.165, 1.54) is 94.3 Å². The van der Waals surface area contributed by atoms with Crippen LogP contribution in [-0.2, 0) is 24.7 Å². The Bertz CT molecular complexity index is 3080. The Kier molecular flexibility index (Phi) is 9.50. The van der Waals surface area contributed by atoms with Gasteiger partial charge in [0.05, 0.1) is 5.69 Å². The van der Waals surface area contributed by atoms with Crippen LogP contribution in [0.2, 0.25) is 0 Å². The lowest BCUT2D eigenvalue weighted by atomic mass is 9.79. The number of rotatable bonds is 9. The van der Waals surface area contributed by atoms with Crippen LogP contribution in [-0.4, -0.2) is 0 Å². The summed E-state index contributed by atoms with van der Waals surface area (Å²) in [4.78, 5) is 2.46. The van der Waals surface area contributed by atoms with Crippen LogP contribution in [0.5, 0.6) is 0 Å². The normalized spacial score (nSPS) is 13.8. The Labute approximate surface area is 367 Å². The fraction of sp³-hybridized carbons (Fsp3) is 0.148. The molecule has 9 aromatic carbocycles. The van der Waals surface area contributed by atoms with Gasteiger partial charge in [-0.2, -0.15) is 0 Å². The monoisotopic (exact) mass is 797 g/mol. The average molecular weight is 798 g/mol. The van der Waals surface area contributed by atoms with Crippen LogP contribution in [0.15, 0.2) is 200 Å². The van der Waals surface area contributed by atoms with E-state index in [9.17, 15) is 0 Å². The molecule has 0 fully saturated rings. The van der Waals surface area contributed by atoms with Gasteiger partial charge in [-0.05, 0) is 153 Å². The third-order valence-electron chi connectivity index (χ3n) is 13.8. The van der Waals surface area contributed by atoms with Gasteiger partial charge in [-0.1, -0.05) is 177 Å². The summed E-state index contributed by atoms with van der Waals surface area (Å²) in [6, 6.07) is 75.2. The number of hydrogen-bond donors (Lipinski definition) is 0. The van der Waals surface area contributed by atoms with Gasteiger partial charge in [-0.15, -0.1) is 0 Å². The molecule has 2 aliphatic carbocycles. The van der Waals surface area contributed by atoms with E-state index in [0.717, 1.165) is 37.1 Å². The quantitative estimate of drug-likeness (QED) is 0.141. The van der Waals surface area contributed by atoms with Crippen molar-refractivity contribution >= 4 is 27.8 Å². The number of para-hydroxylation sites is 2. The van der Waals surface area contributed by atoms with Crippen LogP contribution in [0.4, 0.5) is 17.1 Å². The van der Waals surface area contributed by atoms with Crippen LogP contribution in [0.25, 0.3) is 44.2 Å². The summed E-state index contributed by atoms with van der Waals surface area (Å²) in [5.41, 5.74) is 22.4. The molecule has 1 atom stereocenters. The third-order valence-corrected chi connectivity index (χ3v) is 13.8. The van der Waals surface area contributed by atoms with Gasteiger partial charge in [0.2, 0.25) is 0 Å². The summed E-state index contributed by atoms with van der Waals surface area (Å²) >= 11 is 0. The highest BCUT2D eigenvalue weighted by atomic mass is 15.1. The molecule has 9 aromatic rings. The second-order valence-corrected chi connectivity index (χ2v) is 18.1. The first-order chi connectivity index (χ1) is 30.4. The summed E-state index contributed by atoms with van der Waals surface area (Å²) in [6.45, 7) is 7.01. The number of hydrogen-bond acceptors (Lipinski definition) is 1. The lowest BCUT2D eigenvalue weighted by Crippen LogP contribution is -2.16. The van der Waals surface area contributed by atoms with E-state index in [0.29, 0.717) is 5.92 Å². The zero-order chi connectivity index (χ0) is 41.8. The first kappa shape index (κ1) is 38.0. The summed E-state index contributed by atoms with van der Waals surface area (Å²) < 4.78 is 0. The van der Waals surface area contributed by atoms with Crippen LogP contribution < -0.4 is 4.90 Å². The molecule has 0 aliphatic heterocycles. The molecule has 0 spiro atoms. The van der Waals surface area contributed by atoms with Gasteiger partial charge < -0.3 is 4.90 Å². The van der Waals surface area contributed by atoms with E-state index in [1.54, 1.807) is 0 Å². The first-order valence-electron chi connectivity index (χ1n) is 22.4. The van der Waals surface area contributed by atoms with Gasteiger partial charge in [0.1, 0.15) is 0 Å². The van der Waals surface area contributed by atoms with Crippen molar-refractivity contribution < 1.29 is 0 Å². The van der Waals surface area contributed by atoms with E-state index < -0.39 is 0 Å². The molecule has 0 bridgehead atoms.